The number of nitrogens with zero attached hydrogens (tertiary/aromatic N) is 1. The molecule has 35 heavy (non-hydrogen) atoms. The molecule has 182 valence electrons. The van der Waals surface area contributed by atoms with Gasteiger partial charge >= 0.3 is 5.97 Å². The Balaban J connectivity index is 1.80. The summed E-state index contributed by atoms with van der Waals surface area (Å²) in [6, 6.07) is 22.5. The molecule has 3 aromatic carbocycles. The number of ether oxygens (including phenoxy) is 2. The second-order valence-corrected chi connectivity index (χ2v) is 9.40. The number of rotatable bonds is 8. The molecule has 1 aliphatic rings. The van der Waals surface area contributed by atoms with E-state index in [9.17, 15) is 14.7 Å². The molecule has 0 unspecified atom stereocenters. The van der Waals surface area contributed by atoms with Gasteiger partial charge < -0.3 is 19.5 Å². The molecule has 1 aliphatic heterocycles. The number of para-hydroxylation sites is 1. The third-order valence-corrected chi connectivity index (χ3v) is 5.99. The van der Waals surface area contributed by atoms with Crippen LogP contribution in [0.25, 0.3) is 0 Å². The zero-order valence-electron chi connectivity index (χ0n) is 19.7. The Morgan fingerprint density at radius 1 is 1.06 bits per heavy atom. The fourth-order valence-corrected chi connectivity index (χ4v) is 4.40. The number of hydrogen-bond acceptors (Lipinski definition) is 4. The molecule has 0 spiro atoms. The van der Waals surface area contributed by atoms with Gasteiger partial charge in [-0.15, -0.1) is 0 Å². The summed E-state index contributed by atoms with van der Waals surface area (Å²) in [5.74, 6) is -0.740. The van der Waals surface area contributed by atoms with Crippen molar-refractivity contribution in [1.82, 2.24) is 0 Å². The number of carbonyl (C=O) groups is 2. The highest BCUT2D eigenvalue weighted by molar-refractivity contribution is 6.30. The number of carbonyl (C=O) groups excluding carboxylic acids is 1. The lowest BCUT2D eigenvalue weighted by atomic mass is 9.98. The molecule has 7 heteroatoms. The summed E-state index contributed by atoms with van der Waals surface area (Å²) < 4.78 is 12.5. The van der Waals surface area contributed by atoms with Crippen LogP contribution in [0.3, 0.4) is 0 Å². The summed E-state index contributed by atoms with van der Waals surface area (Å²) in [4.78, 5) is 26.8. The first-order chi connectivity index (χ1) is 16.8. The molecule has 1 N–H and O–H groups in total. The van der Waals surface area contributed by atoms with E-state index in [1.807, 2.05) is 68.4 Å². The quantitative estimate of drug-likeness (QED) is 0.424. The van der Waals surface area contributed by atoms with Gasteiger partial charge in [0.1, 0.15) is 24.6 Å². The minimum Gasteiger partial charge on any atom is -0.489 e. The molecule has 0 radical (unpaired) electrons. The lowest BCUT2D eigenvalue weighted by Crippen LogP contribution is -2.42. The zero-order chi connectivity index (χ0) is 24.9. The number of hydrogen-bond donors (Lipinski definition) is 1. The first kappa shape index (κ1) is 24.8. The number of benzene rings is 3. The van der Waals surface area contributed by atoms with E-state index in [1.165, 1.54) is 0 Å². The van der Waals surface area contributed by atoms with Gasteiger partial charge in [0.2, 0.25) is 0 Å². The molecule has 3 aromatic rings. The summed E-state index contributed by atoms with van der Waals surface area (Å²) in [6.45, 7) is 4.78. The minimum atomic E-state index is -1.16. The topological polar surface area (TPSA) is 76.1 Å². The Morgan fingerprint density at radius 2 is 1.77 bits per heavy atom. The van der Waals surface area contributed by atoms with Gasteiger partial charge in [-0.1, -0.05) is 74.0 Å². The number of aliphatic carboxylic acids is 1. The van der Waals surface area contributed by atoms with Crippen LogP contribution in [0.2, 0.25) is 5.02 Å². The first-order valence-electron chi connectivity index (χ1n) is 11.6. The maximum Gasteiger partial charge on any atom is 0.306 e. The van der Waals surface area contributed by atoms with Crippen LogP contribution in [0, 0.1) is 5.92 Å². The number of halogens is 1. The third kappa shape index (κ3) is 5.84. The zero-order valence-corrected chi connectivity index (χ0v) is 20.4. The van der Waals surface area contributed by atoms with Gasteiger partial charge in [-0.05, 0) is 35.7 Å². The number of carboxylic acids is 1. The highest BCUT2D eigenvalue weighted by atomic mass is 35.5. The summed E-state index contributed by atoms with van der Waals surface area (Å²) >= 11 is 6.39. The molecule has 2 atom stereocenters. The van der Waals surface area contributed by atoms with E-state index in [0.717, 1.165) is 5.56 Å². The van der Waals surface area contributed by atoms with Crippen molar-refractivity contribution in [3.05, 3.63) is 94.5 Å². The van der Waals surface area contributed by atoms with Crippen molar-refractivity contribution in [2.75, 3.05) is 11.4 Å². The average molecular weight is 494 g/mol. The van der Waals surface area contributed by atoms with Gasteiger partial charge in [-0.2, -0.15) is 0 Å². The summed E-state index contributed by atoms with van der Waals surface area (Å²) in [5, 5.41) is 10.0. The van der Waals surface area contributed by atoms with E-state index >= 15 is 0 Å². The molecule has 0 saturated carbocycles. The summed E-state index contributed by atoms with van der Waals surface area (Å²) in [5.41, 5.74) is 3.05. The molecule has 0 aromatic heterocycles. The SMILES string of the molecule is CC(C)CN1C(=O)[C@@H](CC(=O)O)O[C@H](c2ccccc2OCc2ccccc2)c2cc(Cl)ccc21. The van der Waals surface area contributed by atoms with Gasteiger partial charge in [0.05, 0.1) is 6.42 Å². The Kier molecular flexibility index (Phi) is 7.73. The molecular formula is C28H28ClNO5. The average Bonchev–Trinajstić information content (AvgIpc) is 2.93. The molecule has 1 amide bonds. The van der Waals surface area contributed by atoms with Gasteiger partial charge in [0.25, 0.3) is 5.91 Å². The van der Waals surface area contributed by atoms with Crippen LogP contribution in [0.4, 0.5) is 5.69 Å². The van der Waals surface area contributed by atoms with Crippen molar-refractivity contribution in [3.8, 4) is 5.75 Å². The van der Waals surface area contributed by atoms with Crippen LogP contribution >= 0.6 is 11.6 Å². The number of amides is 1. The molecule has 4 rings (SSSR count). The summed E-state index contributed by atoms with van der Waals surface area (Å²) in [6.07, 6.45) is -2.36. The van der Waals surface area contributed by atoms with E-state index in [-0.39, 0.29) is 11.8 Å². The van der Waals surface area contributed by atoms with Gasteiger partial charge in [-0.3, -0.25) is 9.59 Å². The van der Waals surface area contributed by atoms with Crippen LogP contribution < -0.4 is 9.64 Å². The first-order valence-corrected chi connectivity index (χ1v) is 11.9. The lowest BCUT2D eigenvalue weighted by molar-refractivity contribution is -0.147. The molecule has 0 bridgehead atoms. The van der Waals surface area contributed by atoms with E-state index in [2.05, 4.69) is 0 Å². The molecule has 1 heterocycles. The van der Waals surface area contributed by atoms with Crippen molar-refractivity contribution in [1.29, 1.82) is 0 Å². The highest BCUT2D eigenvalue weighted by Gasteiger charge is 2.38. The molecule has 0 saturated heterocycles. The maximum atomic E-state index is 13.5. The van der Waals surface area contributed by atoms with Gasteiger partial charge in [0, 0.05) is 28.4 Å². The normalized spacial score (nSPS) is 17.7. The van der Waals surface area contributed by atoms with Crippen LogP contribution in [0.15, 0.2) is 72.8 Å². The van der Waals surface area contributed by atoms with Crippen molar-refractivity contribution in [3.63, 3.8) is 0 Å². The van der Waals surface area contributed by atoms with E-state index < -0.39 is 24.6 Å². The van der Waals surface area contributed by atoms with E-state index in [4.69, 9.17) is 21.1 Å². The fraction of sp³-hybridized carbons (Fsp3) is 0.286. The standard InChI is InChI=1S/C28H28ClNO5/c1-18(2)16-30-23-13-12-20(29)14-22(23)27(35-25(28(30)33)15-26(31)32)21-10-6-7-11-24(21)34-17-19-8-4-3-5-9-19/h3-14,18,25,27H,15-17H2,1-2H3,(H,31,32)/t25-,27-/m1/s1. The summed E-state index contributed by atoms with van der Waals surface area (Å²) in [7, 11) is 0. The highest BCUT2D eigenvalue weighted by Crippen LogP contribution is 2.43. The van der Waals surface area contributed by atoms with Crippen LogP contribution in [0.1, 0.15) is 43.1 Å². The Bertz CT molecular complexity index is 1200. The van der Waals surface area contributed by atoms with Crippen molar-refractivity contribution >= 4 is 29.2 Å². The van der Waals surface area contributed by atoms with Gasteiger partial charge in [-0.25, -0.2) is 0 Å². The van der Waals surface area contributed by atoms with E-state index in [0.29, 0.717) is 40.7 Å². The number of fused-ring (bicyclic) bond motifs is 1. The second kappa shape index (κ2) is 10.9. The van der Waals surface area contributed by atoms with Crippen LogP contribution in [-0.4, -0.2) is 29.6 Å². The largest absolute Gasteiger partial charge is 0.489 e. The molecule has 0 fully saturated rings. The van der Waals surface area contributed by atoms with Crippen LogP contribution in [0.5, 0.6) is 5.75 Å². The lowest BCUT2D eigenvalue weighted by Gasteiger charge is -2.26. The Labute approximate surface area is 210 Å². The van der Waals surface area contributed by atoms with Crippen molar-refractivity contribution < 1.29 is 24.2 Å². The third-order valence-electron chi connectivity index (χ3n) is 5.75. The number of carboxylic acid groups (broad SMARTS) is 1. The van der Waals surface area contributed by atoms with Crippen LogP contribution in [-0.2, 0) is 20.9 Å². The maximum absolute atomic E-state index is 13.5. The Morgan fingerprint density at radius 3 is 2.49 bits per heavy atom. The predicted molar refractivity (Wildman–Crippen MR) is 135 cm³/mol. The van der Waals surface area contributed by atoms with Gasteiger partial charge in [0.15, 0.2) is 0 Å². The smallest absolute Gasteiger partial charge is 0.306 e. The molecule has 6 nitrogen and oxygen atoms in total. The number of anilines is 1. The Hall–Kier alpha value is -3.35. The predicted octanol–water partition coefficient (Wildman–Crippen LogP) is 5.87. The molecule has 0 aliphatic carbocycles. The van der Waals surface area contributed by atoms with E-state index in [1.54, 1.807) is 23.1 Å². The second-order valence-electron chi connectivity index (χ2n) is 8.96. The fourth-order valence-electron chi connectivity index (χ4n) is 4.22. The molecular weight excluding hydrogens is 466 g/mol. The van der Waals surface area contributed by atoms with Crippen molar-refractivity contribution in [2.24, 2.45) is 5.92 Å². The van der Waals surface area contributed by atoms with Crippen molar-refractivity contribution in [2.45, 2.75) is 39.1 Å². The monoisotopic (exact) mass is 493 g/mol. The minimum absolute atomic E-state index is 0.158.